The summed E-state index contributed by atoms with van der Waals surface area (Å²) in [6, 6.07) is 9.04. The van der Waals surface area contributed by atoms with Crippen molar-refractivity contribution in [1.82, 2.24) is 9.88 Å². The number of hydrogen-bond acceptors (Lipinski definition) is 6. The number of thiazole rings is 1. The van der Waals surface area contributed by atoms with Gasteiger partial charge in [0, 0.05) is 42.9 Å². The SMILES string of the molecule is O=C(CCC(=O)N1CCc2nc(NC(=O)C3CCCO3)sc2C1)c1ccccc1. The molecule has 1 saturated heterocycles. The zero-order valence-corrected chi connectivity index (χ0v) is 16.9. The second-order valence-corrected chi connectivity index (χ2v) is 8.32. The second kappa shape index (κ2) is 8.84. The average Bonchev–Trinajstić information content (AvgIpc) is 3.41. The van der Waals surface area contributed by atoms with Crippen LogP contribution in [0.2, 0.25) is 0 Å². The molecule has 0 aliphatic carbocycles. The van der Waals surface area contributed by atoms with Gasteiger partial charge in [0.1, 0.15) is 6.10 Å². The van der Waals surface area contributed by atoms with Crippen molar-refractivity contribution in [1.29, 1.82) is 0 Å². The number of carbonyl (C=O) groups is 3. The van der Waals surface area contributed by atoms with E-state index < -0.39 is 6.10 Å². The van der Waals surface area contributed by atoms with Crippen LogP contribution in [0.3, 0.4) is 0 Å². The molecule has 2 amide bonds. The van der Waals surface area contributed by atoms with E-state index in [1.807, 2.05) is 18.2 Å². The van der Waals surface area contributed by atoms with Crippen molar-refractivity contribution in [3.63, 3.8) is 0 Å². The third kappa shape index (κ3) is 4.71. The van der Waals surface area contributed by atoms with Crippen molar-refractivity contribution < 1.29 is 19.1 Å². The average molecular weight is 413 g/mol. The molecule has 4 rings (SSSR count). The Labute approximate surface area is 173 Å². The third-order valence-corrected chi connectivity index (χ3v) is 6.20. The van der Waals surface area contributed by atoms with E-state index in [-0.39, 0.29) is 30.4 Å². The minimum atomic E-state index is -0.392. The number of Topliss-reactive ketones (excluding diaryl/α,β-unsaturated/α-hetero) is 1. The molecule has 0 spiro atoms. The zero-order valence-electron chi connectivity index (χ0n) is 16.1. The van der Waals surface area contributed by atoms with E-state index in [9.17, 15) is 14.4 Å². The molecule has 1 atom stereocenters. The fraction of sp³-hybridized carbons (Fsp3) is 0.429. The van der Waals surface area contributed by atoms with Crippen molar-refractivity contribution in [2.24, 2.45) is 0 Å². The molecule has 8 heteroatoms. The Kier molecular flexibility index (Phi) is 6.01. The van der Waals surface area contributed by atoms with Crippen molar-refractivity contribution in [2.45, 2.75) is 44.8 Å². The molecule has 3 heterocycles. The molecule has 152 valence electrons. The van der Waals surface area contributed by atoms with Gasteiger partial charge >= 0.3 is 0 Å². The zero-order chi connectivity index (χ0) is 20.2. The Morgan fingerprint density at radius 1 is 1.21 bits per heavy atom. The molecule has 2 aliphatic rings. The predicted molar refractivity (Wildman–Crippen MR) is 109 cm³/mol. The van der Waals surface area contributed by atoms with Gasteiger partial charge in [0.25, 0.3) is 5.91 Å². The number of hydrogen-bond donors (Lipinski definition) is 1. The van der Waals surface area contributed by atoms with E-state index in [1.165, 1.54) is 11.3 Å². The van der Waals surface area contributed by atoms with Crippen molar-refractivity contribution in [3.8, 4) is 0 Å². The number of amides is 2. The monoisotopic (exact) mass is 413 g/mol. The maximum Gasteiger partial charge on any atom is 0.255 e. The molecule has 1 fully saturated rings. The van der Waals surface area contributed by atoms with Crippen LogP contribution in [0, 0.1) is 0 Å². The van der Waals surface area contributed by atoms with E-state index >= 15 is 0 Å². The Morgan fingerprint density at radius 2 is 2.03 bits per heavy atom. The van der Waals surface area contributed by atoms with Crippen LogP contribution in [0.5, 0.6) is 0 Å². The summed E-state index contributed by atoms with van der Waals surface area (Å²) < 4.78 is 5.40. The Morgan fingerprint density at radius 3 is 2.79 bits per heavy atom. The van der Waals surface area contributed by atoms with Gasteiger partial charge in [-0.05, 0) is 12.8 Å². The maximum absolute atomic E-state index is 12.6. The largest absolute Gasteiger partial charge is 0.368 e. The fourth-order valence-electron chi connectivity index (χ4n) is 3.58. The molecule has 1 aromatic heterocycles. The summed E-state index contributed by atoms with van der Waals surface area (Å²) in [4.78, 5) is 44.3. The summed E-state index contributed by atoms with van der Waals surface area (Å²) in [5.41, 5.74) is 1.57. The van der Waals surface area contributed by atoms with Crippen LogP contribution >= 0.6 is 11.3 Å². The van der Waals surface area contributed by atoms with Gasteiger partial charge in [0.15, 0.2) is 10.9 Å². The molecule has 1 N–H and O–H groups in total. The summed E-state index contributed by atoms with van der Waals surface area (Å²) >= 11 is 1.41. The minimum absolute atomic E-state index is 0.0198. The van der Waals surface area contributed by atoms with Crippen molar-refractivity contribution in [2.75, 3.05) is 18.5 Å². The molecule has 2 aliphatic heterocycles. The van der Waals surface area contributed by atoms with Crippen LogP contribution in [-0.4, -0.2) is 46.7 Å². The van der Waals surface area contributed by atoms with Crippen LogP contribution in [0.4, 0.5) is 5.13 Å². The van der Waals surface area contributed by atoms with E-state index in [4.69, 9.17) is 4.74 Å². The minimum Gasteiger partial charge on any atom is -0.368 e. The Hall–Kier alpha value is -2.58. The molecule has 0 radical (unpaired) electrons. The lowest BCUT2D eigenvalue weighted by Gasteiger charge is -2.26. The Balaban J connectivity index is 1.31. The first kappa shape index (κ1) is 19.7. The number of rotatable bonds is 6. The van der Waals surface area contributed by atoms with E-state index in [2.05, 4.69) is 10.3 Å². The summed E-state index contributed by atoms with van der Waals surface area (Å²) in [6.07, 6.45) is 2.30. The highest BCUT2D eigenvalue weighted by atomic mass is 32.1. The summed E-state index contributed by atoms with van der Waals surface area (Å²) in [5, 5.41) is 3.40. The first-order chi connectivity index (χ1) is 14.1. The number of fused-ring (bicyclic) bond motifs is 1. The lowest BCUT2D eigenvalue weighted by atomic mass is 10.1. The first-order valence-corrected chi connectivity index (χ1v) is 10.7. The molecular weight excluding hydrogens is 390 g/mol. The van der Waals surface area contributed by atoms with Gasteiger partial charge in [-0.25, -0.2) is 4.98 Å². The van der Waals surface area contributed by atoms with Gasteiger partial charge in [-0.3, -0.25) is 19.7 Å². The van der Waals surface area contributed by atoms with E-state index in [0.29, 0.717) is 36.8 Å². The Bertz CT molecular complexity index is 906. The molecule has 7 nitrogen and oxygen atoms in total. The highest BCUT2D eigenvalue weighted by molar-refractivity contribution is 7.15. The van der Waals surface area contributed by atoms with Crippen LogP contribution < -0.4 is 5.32 Å². The number of nitrogens with one attached hydrogen (secondary N) is 1. The van der Waals surface area contributed by atoms with Crippen LogP contribution in [0.25, 0.3) is 0 Å². The number of aromatic nitrogens is 1. The van der Waals surface area contributed by atoms with Gasteiger partial charge in [-0.15, -0.1) is 0 Å². The fourth-order valence-corrected chi connectivity index (χ4v) is 4.61. The lowest BCUT2D eigenvalue weighted by molar-refractivity contribution is -0.132. The summed E-state index contributed by atoms with van der Waals surface area (Å²) in [6.45, 7) is 1.67. The maximum atomic E-state index is 12.6. The summed E-state index contributed by atoms with van der Waals surface area (Å²) in [5.74, 6) is -0.201. The standard InChI is InChI=1S/C21H23N3O4S/c25-16(14-5-2-1-3-6-14)8-9-19(26)24-11-10-15-18(13-24)29-21(22-15)23-20(27)17-7-4-12-28-17/h1-3,5-6,17H,4,7-13H2,(H,22,23,27). The normalized spacial score (nSPS) is 18.3. The van der Waals surface area contributed by atoms with Gasteiger partial charge in [-0.2, -0.15) is 0 Å². The van der Waals surface area contributed by atoms with Crippen LogP contribution in [-0.2, 0) is 27.3 Å². The van der Waals surface area contributed by atoms with Crippen LogP contribution in [0.15, 0.2) is 30.3 Å². The molecule has 29 heavy (non-hydrogen) atoms. The molecule has 0 saturated carbocycles. The topological polar surface area (TPSA) is 88.6 Å². The van der Waals surface area contributed by atoms with E-state index in [1.54, 1.807) is 17.0 Å². The highest BCUT2D eigenvalue weighted by Crippen LogP contribution is 2.29. The number of anilines is 1. The van der Waals surface area contributed by atoms with Crippen molar-refractivity contribution >= 4 is 34.1 Å². The predicted octanol–water partition coefficient (Wildman–Crippen LogP) is 2.81. The number of ether oxygens (including phenoxy) is 1. The molecular formula is C21H23N3O4S. The number of ketones is 1. The van der Waals surface area contributed by atoms with Gasteiger partial charge < -0.3 is 9.64 Å². The van der Waals surface area contributed by atoms with Crippen molar-refractivity contribution in [3.05, 3.63) is 46.5 Å². The van der Waals surface area contributed by atoms with Gasteiger partial charge in [-0.1, -0.05) is 41.7 Å². The highest BCUT2D eigenvalue weighted by Gasteiger charge is 2.27. The van der Waals surface area contributed by atoms with E-state index in [0.717, 1.165) is 23.4 Å². The smallest absolute Gasteiger partial charge is 0.255 e. The number of carbonyl (C=O) groups excluding carboxylic acids is 3. The molecule has 0 bridgehead atoms. The lowest BCUT2D eigenvalue weighted by Crippen LogP contribution is -2.35. The number of nitrogens with zero attached hydrogens (tertiary/aromatic N) is 2. The molecule has 1 unspecified atom stereocenters. The summed E-state index contributed by atoms with van der Waals surface area (Å²) in [7, 11) is 0. The van der Waals surface area contributed by atoms with Gasteiger partial charge in [0.05, 0.1) is 12.2 Å². The van der Waals surface area contributed by atoms with Crippen LogP contribution in [0.1, 0.15) is 46.6 Å². The first-order valence-electron chi connectivity index (χ1n) is 9.87. The third-order valence-electron chi connectivity index (χ3n) is 5.20. The molecule has 2 aromatic rings. The number of benzene rings is 1. The second-order valence-electron chi connectivity index (χ2n) is 7.23. The molecule has 1 aromatic carbocycles. The quantitative estimate of drug-likeness (QED) is 0.736. The van der Waals surface area contributed by atoms with Gasteiger partial charge in [0.2, 0.25) is 5.91 Å².